The van der Waals surface area contributed by atoms with Crippen molar-refractivity contribution < 1.29 is 19.0 Å². The maximum atomic E-state index is 13.8. The fourth-order valence-electron chi connectivity index (χ4n) is 6.14. The summed E-state index contributed by atoms with van der Waals surface area (Å²) >= 11 is 0. The van der Waals surface area contributed by atoms with Crippen molar-refractivity contribution in [3.05, 3.63) is 12.4 Å². The van der Waals surface area contributed by atoms with Gasteiger partial charge in [0, 0.05) is 12.5 Å². The van der Waals surface area contributed by atoms with Crippen LogP contribution in [0.25, 0.3) is 11.2 Å². The van der Waals surface area contributed by atoms with Gasteiger partial charge in [-0.05, 0) is 19.3 Å². The number of esters is 1. The predicted molar refractivity (Wildman–Crippen MR) is 165 cm³/mol. The number of nitrogens with zero attached hydrogens (tertiary/aromatic N) is 4. The highest BCUT2D eigenvalue weighted by Crippen LogP contribution is 2.45. The Balaban J connectivity index is 1.23. The number of aromatic nitrogens is 4. The minimum absolute atomic E-state index is 0.0451. The Labute approximate surface area is 251 Å². The van der Waals surface area contributed by atoms with Gasteiger partial charge in [-0.1, -0.05) is 116 Å². The normalized spacial score (nSPS) is 20.2. The molecule has 9 heteroatoms. The fourth-order valence-corrected chi connectivity index (χ4v) is 6.14. The van der Waals surface area contributed by atoms with E-state index in [1.54, 1.807) is 4.57 Å². The molecule has 0 radical (unpaired) electrons. The number of carbonyl (C=O) groups is 1. The molecule has 234 valence electrons. The lowest BCUT2D eigenvalue weighted by molar-refractivity contribution is -0.147. The van der Waals surface area contributed by atoms with Crippen LogP contribution in [0, 0.1) is 23.8 Å². The number of carbonyl (C=O) groups excluding carboxylic acids is 1. The number of anilines is 1. The van der Waals surface area contributed by atoms with Crippen LogP contribution < -0.4 is 5.73 Å². The highest BCUT2D eigenvalue weighted by atomic mass is 19.1. The van der Waals surface area contributed by atoms with Crippen LogP contribution >= 0.6 is 0 Å². The molecule has 0 bridgehead atoms. The van der Waals surface area contributed by atoms with Gasteiger partial charge in [0.2, 0.25) is 0 Å². The average molecular weight is 586 g/mol. The first kappa shape index (κ1) is 33.8. The number of unbranched alkanes of at least 4 members (excludes halogenated alkanes) is 16. The van der Waals surface area contributed by atoms with Gasteiger partial charge in [-0.3, -0.25) is 4.79 Å². The Kier molecular flexibility index (Phi) is 14.5. The first-order chi connectivity index (χ1) is 20.4. The number of fused-ring (bicyclic) bond motifs is 1. The molecule has 1 aliphatic rings. The second kappa shape index (κ2) is 18.0. The van der Waals surface area contributed by atoms with E-state index in [1.807, 2.05) is 0 Å². The van der Waals surface area contributed by atoms with Gasteiger partial charge >= 0.3 is 12.0 Å². The summed E-state index contributed by atoms with van der Waals surface area (Å²) in [5.41, 5.74) is 5.29. The second-order valence-electron chi connectivity index (χ2n) is 12.2. The van der Waals surface area contributed by atoms with E-state index in [0.29, 0.717) is 24.8 Å². The van der Waals surface area contributed by atoms with Crippen molar-refractivity contribution in [1.29, 1.82) is 0 Å². The number of hydrogen-bond acceptors (Lipinski definition) is 7. The smallest absolute Gasteiger partial charge is 0.312 e. The monoisotopic (exact) mass is 585 g/mol. The van der Waals surface area contributed by atoms with Crippen LogP contribution in [0.1, 0.15) is 141 Å². The number of nitrogens with two attached hydrogens (primary N) is 1. The number of hydrogen-bond donors (Lipinski definition) is 2. The predicted octanol–water partition coefficient (Wildman–Crippen LogP) is 7.45. The van der Waals surface area contributed by atoms with Gasteiger partial charge in [0.05, 0.1) is 17.8 Å². The number of terminal acetylenes is 1. The third-order valence-corrected chi connectivity index (χ3v) is 8.81. The van der Waals surface area contributed by atoms with Crippen molar-refractivity contribution in [1.82, 2.24) is 19.5 Å². The summed E-state index contributed by atoms with van der Waals surface area (Å²) in [7, 11) is 0. The van der Waals surface area contributed by atoms with Crippen molar-refractivity contribution in [3.63, 3.8) is 0 Å². The molecular formula is C33H52FN5O3. The van der Waals surface area contributed by atoms with E-state index in [-0.39, 0.29) is 30.1 Å². The zero-order valence-corrected chi connectivity index (χ0v) is 25.7. The van der Waals surface area contributed by atoms with Crippen LogP contribution in [0.15, 0.2) is 6.33 Å². The number of aliphatic hydroxyl groups excluding tert-OH is 1. The number of ether oxygens (including phenoxy) is 1. The molecule has 8 nitrogen and oxygen atoms in total. The number of rotatable bonds is 21. The number of halogens is 1. The summed E-state index contributed by atoms with van der Waals surface area (Å²) in [6.45, 7) is 2.21. The number of nitrogen functional groups attached to an aromatic ring is 1. The summed E-state index contributed by atoms with van der Waals surface area (Å²) in [6, 6.07) is -0.293. The highest BCUT2D eigenvalue weighted by Gasteiger charge is 2.47. The van der Waals surface area contributed by atoms with Crippen LogP contribution in [0.4, 0.5) is 10.2 Å². The zero-order chi connectivity index (χ0) is 30.2. The summed E-state index contributed by atoms with van der Waals surface area (Å²) in [5.74, 6) is 2.34. The minimum atomic E-state index is -1.03. The largest absolute Gasteiger partial charge is 0.464 e. The minimum Gasteiger partial charge on any atom is -0.464 e. The SMILES string of the molecule is C#C[C@]1(COC(=O)CCCCCCCCCCCCCCCCCCC)C[C@@H](n2cnc3c(N)nc(F)nc32)C[C@@H]1O. The van der Waals surface area contributed by atoms with Gasteiger partial charge < -0.3 is 20.1 Å². The molecule has 1 fully saturated rings. The fraction of sp³-hybridized carbons (Fsp3) is 0.758. The van der Waals surface area contributed by atoms with Crippen LogP contribution in [-0.4, -0.2) is 43.3 Å². The molecule has 0 unspecified atom stereocenters. The molecule has 0 spiro atoms. The third kappa shape index (κ3) is 10.2. The van der Waals surface area contributed by atoms with E-state index in [4.69, 9.17) is 16.9 Å². The Morgan fingerprint density at radius 1 is 1.02 bits per heavy atom. The van der Waals surface area contributed by atoms with Crippen LogP contribution in [-0.2, 0) is 9.53 Å². The Morgan fingerprint density at radius 2 is 1.57 bits per heavy atom. The van der Waals surface area contributed by atoms with Crippen LogP contribution in [0.2, 0.25) is 0 Å². The van der Waals surface area contributed by atoms with E-state index in [0.717, 1.165) is 19.3 Å². The molecule has 3 rings (SSSR count). The molecule has 0 saturated heterocycles. The first-order valence-corrected chi connectivity index (χ1v) is 16.4. The molecular weight excluding hydrogens is 533 g/mol. The van der Waals surface area contributed by atoms with Gasteiger partial charge in [0.1, 0.15) is 12.1 Å². The zero-order valence-electron chi connectivity index (χ0n) is 25.7. The van der Waals surface area contributed by atoms with Crippen molar-refractivity contribution in [2.75, 3.05) is 12.3 Å². The van der Waals surface area contributed by atoms with E-state index >= 15 is 0 Å². The maximum Gasteiger partial charge on any atom is 0.312 e. The van der Waals surface area contributed by atoms with Gasteiger partial charge in [-0.15, -0.1) is 6.42 Å². The summed E-state index contributed by atoms with van der Waals surface area (Å²) in [4.78, 5) is 24.0. The van der Waals surface area contributed by atoms with Crippen molar-refractivity contribution in [2.45, 2.75) is 147 Å². The standard InChI is InChI=1S/C33H52FN5O3/c1-3-5-6-7-8-9-10-11-12-13-14-15-16-17-18-19-20-21-28(41)42-24-33(4-2)23-26(22-27(33)40)39-25-36-29-30(35)37-32(34)38-31(29)39/h2,25-27,40H,3,5-24H2,1H3,(H2,35,37,38)/t26-,27-,33+/m0/s1. The van der Waals surface area contributed by atoms with E-state index in [9.17, 15) is 14.3 Å². The van der Waals surface area contributed by atoms with Crippen LogP contribution in [0.3, 0.4) is 0 Å². The van der Waals surface area contributed by atoms with E-state index in [2.05, 4.69) is 27.8 Å². The van der Waals surface area contributed by atoms with E-state index < -0.39 is 17.6 Å². The van der Waals surface area contributed by atoms with Gasteiger partial charge in [-0.2, -0.15) is 14.4 Å². The topological polar surface area (TPSA) is 116 Å². The summed E-state index contributed by atoms with van der Waals surface area (Å²) in [5, 5.41) is 10.8. The summed E-state index contributed by atoms with van der Waals surface area (Å²) < 4.78 is 21.0. The molecule has 1 aliphatic carbocycles. The van der Waals surface area contributed by atoms with Crippen molar-refractivity contribution >= 4 is 23.0 Å². The van der Waals surface area contributed by atoms with Crippen molar-refractivity contribution in [2.24, 2.45) is 5.41 Å². The molecule has 2 heterocycles. The molecule has 2 aromatic rings. The van der Waals surface area contributed by atoms with Crippen molar-refractivity contribution in [3.8, 4) is 12.3 Å². The maximum absolute atomic E-state index is 13.8. The lowest BCUT2D eigenvalue weighted by Crippen LogP contribution is -2.34. The lowest BCUT2D eigenvalue weighted by Gasteiger charge is -2.26. The molecule has 2 aromatic heterocycles. The van der Waals surface area contributed by atoms with E-state index in [1.165, 1.54) is 96.2 Å². The van der Waals surface area contributed by atoms with Gasteiger partial charge in [0.25, 0.3) is 0 Å². The molecule has 0 aromatic carbocycles. The lowest BCUT2D eigenvalue weighted by atomic mass is 9.86. The number of imidazole rings is 1. The van der Waals surface area contributed by atoms with Gasteiger partial charge in [-0.25, -0.2) is 4.98 Å². The number of aliphatic hydroxyl groups is 1. The Hall–Kier alpha value is -2.73. The molecule has 42 heavy (non-hydrogen) atoms. The average Bonchev–Trinajstić information content (AvgIpc) is 3.54. The van der Waals surface area contributed by atoms with Gasteiger partial charge in [0.15, 0.2) is 11.5 Å². The molecule has 1 saturated carbocycles. The van der Waals surface area contributed by atoms with Crippen LogP contribution in [0.5, 0.6) is 0 Å². The Morgan fingerprint density at radius 3 is 2.12 bits per heavy atom. The Bertz CT molecular complexity index is 1130. The molecule has 0 amide bonds. The second-order valence-corrected chi connectivity index (χ2v) is 12.2. The molecule has 0 aliphatic heterocycles. The molecule has 3 N–H and O–H groups in total. The molecule has 3 atom stereocenters. The first-order valence-electron chi connectivity index (χ1n) is 16.4. The quantitative estimate of drug-likeness (QED) is 0.0676. The highest BCUT2D eigenvalue weighted by molar-refractivity contribution is 5.81. The summed E-state index contributed by atoms with van der Waals surface area (Å²) in [6.07, 6.45) is 28.4. The third-order valence-electron chi connectivity index (χ3n) is 8.81.